The second-order valence-electron chi connectivity index (χ2n) is 9.19. The Bertz CT molecular complexity index is 908. The van der Waals surface area contributed by atoms with Crippen molar-refractivity contribution in [3.8, 4) is 0 Å². The van der Waals surface area contributed by atoms with E-state index in [9.17, 15) is 4.79 Å². The number of anilines is 1. The maximum atomic E-state index is 13.5. The molecule has 6 unspecified atom stereocenters. The molecule has 5 heteroatoms. The second kappa shape index (κ2) is 6.02. The highest BCUT2D eigenvalue weighted by molar-refractivity contribution is 7.22. The van der Waals surface area contributed by atoms with Crippen LogP contribution in [0.15, 0.2) is 18.2 Å². The first-order valence-electron chi connectivity index (χ1n) is 10.7. The SMILES string of the molecule is Cc1ccc2nc(N3NC4C5CCCCC5C5CCCC(C3=O)C54)sc2c1. The fraction of sp³-hybridized carbons (Fsp3) is 0.636. The minimum absolute atomic E-state index is 0.203. The van der Waals surface area contributed by atoms with Crippen molar-refractivity contribution in [2.75, 3.05) is 5.01 Å². The van der Waals surface area contributed by atoms with E-state index >= 15 is 0 Å². The lowest BCUT2D eigenvalue weighted by Gasteiger charge is -2.45. The zero-order valence-electron chi connectivity index (χ0n) is 15.9. The van der Waals surface area contributed by atoms with Crippen LogP contribution in [0.2, 0.25) is 0 Å². The van der Waals surface area contributed by atoms with Gasteiger partial charge in [-0.05, 0) is 74.0 Å². The third-order valence-electron chi connectivity index (χ3n) is 7.85. The van der Waals surface area contributed by atoms with Crippen molar-refractivity contribution in [1.82, 2.24) is 10.4 Å². The molecule has 4 aliphatic rings. The van der Waals surface area contributed by atoms with Crippen LogP contribution in [0, 0.1) is 36.5 Å². The Morgan fingerprint density at radius 3 is 2.78 bits per heavy atom. The Balaban J connectivity index is 1.40. The van der Waals surface area contributed by atoms with E-state index in [0.717, 1.165) is 34.8 Å². The van der Waals surface area contributed by atoms with Gasteiger partial charge in [-0.25, -0.2) is 15.4 Å². The van der Waals surface area contributed by atoms with Crippen molar-refractivity contribution < 1.29 is 4.79 Å². The Morgan fingerprint density at radius 1 is 1.07 bits per heavy atom. The van der Waals surface area contributed by atoms with Gasteiger partial charge in [-0.1, -0.05) is 36.7 Å². The first-order chi connectivity index (χ1) is 13.2. The molecule has 1 aromatic heterocycles. The fourth-order valence-electron chi connectivity index (χ4n) is 6.84. The standard InChI is InChI=1S/C22H27N3OS/c1-12-9-10-17-18(11-12)27-22(23-17)25-21(26)16-8-4-7-14-13-5-2-3-6-15(13)20(24-25)19(14)16/h9-11,13-16,19-20,24H,2-8H2,1H3. The molecule has 3 saturated carbocycles. The van der Waals surface area contributed by atoms with Crippen LogP contribution in [0.25, 0.3) is 10.2 Å². The van der Waals surface area contributed by atoms with E-state index in [1.54, 1.807) is 11.3 Å². The zero-order valence-corrected chi connectivity index (χ0v) is 16.7. The van der Waals surface area contributed by atoms with Gasteiger partial charge in [0.05, 0.1) is 10.2 Å². The van der Waals surface area contributed by atoms with Gasteiger partial charge in [-0.15, -0.1) is 0 Å². The van der Waals surface area contributed by atoms with Gasteiger partial charge in [-0.3, -0.25) is 4.79 Å². The molecule has 1 N–H and O–H groups in total. The fourth-order valence-corrected chi connectivity index (χ4v) is 7.87. The van der Waals surface area contributed by atoms with E-state index in [-0.39, 0.29) is 11.8 Å². The van der Waals surface area contributed by atoms with Crippen LogP contribution in [0.4, 0.5) is 5.13 Å². The lowest BCUT2D eigenvalue weighted by atomic mass is 9.69. The molecule has 4 nitrogen and oxygen atoms in total. The van der Waals surface area contributed by atoms with E-state index in [2.05, 4.69) is 30.5 Å². The first kappa shape index (κ1) is 16.5. The Morgan fingerprint density at radius 2 is 1.89 bits per heavy atom. The lowest BCUT2D eigenvalue weighted by molar-refractivity contribution is -0.130. The summed E-state index contributed by atoms with van der Waals surface area (Å²) in [6.07, 6.45) is 9.09. The Labute approximate surface area is 164 Å². The molecule has 1 aliphatic heterocycles. The number of amides is 1. The Kier molecular flexibility index (Phi) is 3.67. The van der Waals surface area contributed by atoms with Crippen LogP contribution in [0.3, 0.4) is 0 Å². The molecule has 3 aliphatic carbocycles. The van der Waals surface area contributed by atoms with E-state index < -0.39 is 0 Å². The molecular formula is C22H27N3OS. The summed E-state index contributed by atoms with van der Waals surface area (Å²) in [4.78, 5) is 18.3. The second-order valence-corrected chi connectivity index (χ2v) is 10.2. The van der Waals surface area contributed by atoms with Crippen molar-refractivity contribution in [3.05, 3.63) is 23.8 Å². The molecule has 6 atom stereocenters. The summed E-state index contributed by atoms with van der Waals surface area (Å²) in [5.74, 6) is 3.41. The molecule has 0 radical (unpaired) electrons. The van der Waals surface area contributed by atoms with Crippen molar-refractivity contribution >= 4 is 32.6 Å². The molecule has 1 amide bonds. The van der Waals surface area contributed by atoms with Gasteiger partial charge in [0.15, 0.2) is 0 Å². The molecule has 27 heavy (non-hydrogen) atoms. The highest BCUT2D eigenvalue weighted by atomic mass is 32.1. The number of thiazole rings is 1. The zero-order chi connectivity index (χ0) is 18.1. The van der Waals surface area contributed by atoms with Crippen LogP contribution in [-0.2, 0) is 4.79 Å². The lowest BCUT2D eigenvalue weighted by Crippen LogP contribution is -2.62. The Hall–Kier alpha value is -1.46. The third kappa shape index (κ3) is 2.37. The van der Waals surface area contributed by atoms with Gasteiger partial charge in [0.2, 0.25) is 11.0 Å². The number of rotatable bonds is 1. The summed E-state index contributed by atoms with van der Waals surface area (Å²) < 4.78 is 1.17. The van der Waals surface area contributed by atoms with Crippen LogP contribution in [0.1, 0.15) is 50.5 Å². The number of hydrazine groups is 1. The number of aromatic nitrogens is 1. The maximum absolute atomic E-state index is 13.5. The summed E-state index contributed by atoms with van der Waals surface area (Å²) in [5.41, 5.74) is 5.96. The largest absolute Gasteiger partial charge is 0.273 e. The molecule has 142 valence electrons. The minimum Gasteiger partial charge on any atom is -0.273 e. The van der Waals surface area contributed by atoms with Crippen LogP contribution in [0.5, 0.6) is 0 Å². The topological polar surface area (TPSA) is 45.2 Å². The maximum Gasteiger partial charge on any atom is 0.246 e. The molecule has 0 spiro atoms. The quantitative estimate of drug-likeness (QED) is 0.780. The minimum atomic E-state index is 0.203. The average Bonchev–Trinajstić information content (AvgIpc) is 3.24. The van der Waals surface area contributed by atoms with Crippen LogP contribution >= 0.6 is 11.3 Å². The number of hydrogen-bond acceptors (Lipinski definition) is 4. The number of carbonyl (C=O) groups is 1. The van der Waals surface area contributed by atoms with Crippen molar-refractivity contribution in [1.29, 1.82) is 0 Å². The van der Waals surface area contributed by atoms with Crippen molar-refractivity contribution in [2.24, 2.45) is 29.6 Å². The van der Waals surface area contributed by atoms with E-state index in [4.69, 9.17) is 4.98 Å². The predicted octanol–water partition coefficient (Wildman–Crippen LogP) is 4.68. The molecule has 0 bridgehead atoms. The van der Waals surface area contributed by atoms with E-state index in [1.165, 1.54) is 48.8 Å². The number of nitrogens with one attached hydrogen (secondary N) is 1. The molecule has 1 aromatic carbocycles. The number of aryl methyl sites for hydroxylation is 1. The van der Waals surface area contributed by atoms with Gasteiger partial charge in [-0.2, -0.15) is 0 Å². The van der Waals surface area contributed by atoms with Gasteiger partial charge in [0.1, 0.15) is 0 Å². The normalized spacial score (nSPS) is 38.1. The van der Waals surface area contributed by atoms with Crippen LogP contribution in [-0.4, -0.2) is 16.9 Å². The molecule has 2 aromatic rings. The average molecular weight is 382 g/mol. The van der Waals surface area contributed by atoms with Crippen molar-refractivity contribution in [2.45, 2.75) is 57.9 Å². The monoisotopic (exact) mass is 381 g/mol. The smallest absolute Gasteiger partial charge is 0.246 e. The molecule has 6 rings (SSSR count). The number of nitrogens with zero attached hydrogens (tertiary/aromatic N) is 2. The summed E-state index contributed by atoms with van der Waals surface area (Å²) in [7, 11) is 0. The summed E-state index contributed by atoms with van der Waals surface area (Å²) in [5, 5.41) is 2.69. The molecule has 2 heterocycles. The van der Waals surface area contributed by atoms with Gasteiger partial charge >= 0.3 is 0 Å². The highest BCUT2D eigenvalue weighted by Gasteiger charge is 2.59. The number of benzene rings is 1. The van der Waals surface area contributed by atoms with E-state index in [0.29, 0.717) is 12.0 Å². The number of fused-ring (bicyclic) bond motifs is 4. The summed E-state index contributed by atoms with van der Waals surface area (Å²) >= 11 is 1.65. The first-order valence-corrected chi connectivity index (χ1v) is 11.5. The number of hydrogen-bond donors (Lipinski definition) is 1. The van der Waals surface area contributed by atoms with Crippen LogP contribution < -0.4 is 10.4 Å². The van der Waals surface area contributed by atoms with E-state index in [1.807, 2.05) is 5.01 Å². The predicted molar refractivity (Wildman–Crippen MR) is 109 cm³/mol. The molecular weight excluding hydrogens is 354 g/mol. The highest BCUT2D eigenvalue weighted by Crippen LogP contribution is 2.57. The van der Waals surface area contributed by atoms with Gasteiger partial charge in [0.25, 0.3) is 0 Å². The number of carbonyl (C=O) groups excluding carboxylic acids is 1. The summed E-state index contributed by atoms with van der Waals surface area (Å²) in [6.45, 7) is 2.11. The van der Waals surface area contributed by atoms with Crippen molar-refractivity contribution in [3.63, 3.8) is 0 Å². The molecule has 1 saturated heterocycles. The van der Waals surface area contributed by atoms with Gasteiger partial charge < -0.3 is 0 Å². The van der Waals surface area contributed by atoms with Gasteiger partial charge in [0, 0.05) is 12.0 Å². The molecule has 4 fully saturated rings. The summed E-state index contributed by atoms with van der Waals surface area (Å²) in [6, 6.07) is 6.82. The third-order valence-corrected chi connectivity index (χ3v) is 8.86.